The highest BCUT2D eigenvalue weighted by Crippen LogP contribution is 2.28. The van der Waals surface area contributed by atoms with Crippen molar-refractivity contribution in [3.05, 3.63) is 70.2 Å². The van der Waals surface area contributed by atoms with Crippen LogP contribution < -0.4 is 10.6 Å². The number of carbonyl (C=O) groups is 1. The van der Waals surface area contributed by atoms with E-state index in [0.29, 0.717) is 4.88 Å². The maximum Gasteiger partial charge on any atom is 0.267 e. The van der Waals surface area contributed by atoms with Gasteiger partial charge in [-0.05, 0) is 44.0 Å². The molecule has 128 valence electrons. The van der Waals surface area contributed by atoms with Gasteiger partial charge in [0.2, 0.25) is 0 Å². The number of hydrogen-bond acceptors (Lipinski definition) is 4. The first kappa shape index (κ1) is 17.2. The fourth-order valence-corrected chi connectivity index (χ4v) is 3.43. The van der Waals surface area contributed by atoms with E-state index in [1.165, 1.54) is 16.9 Å². The molecule has 1 aromatic heterocycles. The summed E-state index contributed by atoms with van der Waals surface area (Å²) in [6.45, 7) is 6.00. The monoisotopic (exact) mass is 351 g/mol. The molecule has 1 amide bonds. The van der Waals surface area contributed by atoms with Crippen LogP contribution in [0.2, 0.25) is 0 Å². The number of aromatic nitrogens is 1. The van der Waals surface area contributed by atoms with Crippen molar-refractivity contribution in [2.75, 3.05) is 10.6 Å². The van der Waals surface area contributed by atoms with Crippen LogP contribution in [-0.2, 0) is 6.42 Å². The van der Waals surface area contributed by atoms with E-state index in [1.807, 2.05) is 56.3 Å². The molecule has 0 bridgehead atoms. The van der Waals surface area contributed by atoms with E-state index in [0.717, 1.165) is 34.2 Å². The van der Waals surface area contributed by atoms with Crippen LogP contribution in [0.3, 0.4) is 0 Å². The standard InChI is InChI=1S/C20H21N3OS/c1-4-15-7-5-6-8-17(15)23-20-21-14(3)18(25-20)19(24)22-16-11-9-13(2)10-12-16/h5-12H,4H2,1-3H3,(H,21,23)(H,22,24). The minimum atomic E-state index is -0.129. The van der Waals surface area contributed by atoms with Gasteiger partial charge in [-0.2, -0.15) is 0 Å². The zero-order valence-corrected chi connectivity index (χ0v) is 15.4. The Bertz CT molecular complexity index is 884. The smallest absolute Gasteiger partial charge is 0.267 e. The van der Waals surface area contributed by atoms with E-state index >= 15 is 0 Å². The molecule has 0 saturated heterocycles. The molecule has 5 heteroatoms. The molecule has 0 saturated carbocycles. The molecule has 0 atom stereocenters. The number of hydrogen-bond donors (Lipinski definition) is 2. The summed E-state index contributed by atoms with van der Waals surface area (Å²) in [7, 11) is 0. The number of anilines is 3. The predicted molar refractivity (Wildman–Crippen MR) is 105 cm³/mol. The Balaban J connectivity index is 1.77. The Labute approximate surface area is 151 Å². The predicted octanol–water partition coefficient (Wildman–Crippen LogP) is 5.32. The largest absolute Gasteiger partial charge is 0.331 e. The Morgan fingerprint density at radius 3 is 2.52 bits per heavy atom. The Hall–Kier alpha value is -2.66. The number of thiazole rings is 1. The summed E-state index contributed by atoms with van der Waals surface area (Å²) in [5, 5.41) is 7.00. The van der Waals surface area contributed by atoms with Crippen LogP contribution in [0.4, 0.5) is 16.5 Å². The normalized spacial score (nSPS) is 10.5. The van der Waals surface area contributed by atoms with Gasteiger partial charge in [-0.25, -0.2) is 4.98 Å². The second-order valence-electron chi connectivity index (χ2n) is 5.89. The number of para-hydroxylation sites is 1. The van der Waals surface area contributed by atoms with Gasteiger partial charge in [-0.15, -0.1) is 0 Å². The number of nitrogens with one attached hydrogen (secondary N) is 2. The van der Waals surface area contributed by atoms with E-state index in [4.69, 9.17) is 0 Å². The summed E-state index contributed by atoms with van der Waals surface area (Å²) in [6.07, 6.45) is 0.939. The third-order valence-corrected chi connectivity index (χ3v) is 5.02. The zero-order chi connectivity index (χ0) is 17.8. The summed E-state index contributed by atoms with van der Waals surface area (Å²) in [5.41, 5.74) is 4.93. The first-order valence-corrected chi connectivity index (χ1v) is 9.09. The molecule has 3 rings (SSSR count). The Kier molecular flexibility index (Phi) is 5.14. The minimum absolute atomic E-state index is 0.129. The molecule has 3 aromatic rings. The zero-order valence-electron chi connectivity index (χ0n) is 14.6. The molecule has 2 N–H and O–H groups in total. The quantitative estimate of drug-likeness (QED) is 0.654. The summed E-state index contributed by atoms with van der Waals surface area (Å²) < 4.78 is 0. The number of rotatable bonds is 5. The number of aryl methyl sites for hydroxylation is 3. The van der Waals surface area contributed by atoms with Crippen LogP contribution in [-0.4, -0.2) is 10.9 Å². The third kappa shape index (κ3) is 4.06. The SMILES string of the molecule is CCc1ccccc1Nc1nc(C)c(C(=O)Nc2ccc(C)cc2)s1. The lowest BCUT2D eigenvalue weighted by molar-refractivity contribution is 0.103. The fourth-order valence-electron chi connectivity index (χ4n) is 2.55. The minimum Gasteiger partial charge on any atom is -0.331 e. The number of carbonyl (C=O) groups excluding carboxylic acids is 1. The van der Waals surface area contributed by atoms with Crippen molar-refractivity contribution in [2.45, 2.75) is 27.2 Å². The Morgan fingerprint density at radius 1 is 1.08 bits per heavy atom. The molecule has 25 heavy (non-hydrogen) atoms. The van der Waals surface area contributed by atoms with Crippen LogP contribution in [0, 0.1) is 13.8 Å². The molecule has 0 aliphatic heterocycles. The van der Waals surface area contributed by atoms with Gasteiger partial charge < -0.3 is 10.6 Å². The van der Waals surface area contributed by atoms with E-state index in [1.54, 1.807) is 0 Å². The van der Waals surface area contributed by atoms with Gasteiger partial charge in [0.25, 0.3) is 5.91 Å². The van der Waals surface area contributed by atoms with Crippen LogP contribution in [0.5, 0.6) is 0 Å². The van der Waals surface area contributed by atoms with Crippen molar-refractivity contribution in [1.82, 2.24) is 4.98 Å². The highest BCUT2D eigenvalue weighted by molar-refractivity contribution is 7.17. The van der Waals surface area contributed by atoms with Gasteiger partial charge in [0, 0.05) is 11.4 Å². The van der Waals surface area contributed by atoms with E-state index in [-0.39, 0.29) is 5.91 Å². The molecule has 0 fully saturated rings. The van der Waals surface area contributed by atoms with Crippen molar-refractivity contribution in [3.8, 4) is 0 Å². The van der Waals surface area contributed by atoms with Gasteiger partial charge in [-0.1, -0.05) is 54.2 Å². The van der Waals surface area contributed by atoms with E-state index in [9.17, 15) is 4.79 Å². The van der Waals surface area contributed by atoms with Gasteiger partial charge in [0.15, 0.2) is 5.13 Å². The van der Waals surface area contributed by atoms with Crippen molar-refractivity contribution < 1.29 is 4.79 Å². The average Bonchev–Trinajstić information content (AvgIpc) is 2.98. The van der Waals surface area contributed by atoms with Crippen molar-refractivity contribution >= 4 is 33.8 Å². The second-order valence-corrected chi connectivity index (χ2v) is 6.89. The molecule has 0 radical (unpaired) electrons. The molecule has 0 aliphatic carbocycles. The molecule has 0 unspecified atom stereocenters. The number of benzene rings is 2. The van der Waals surface area contributed by atoms with Crippen LogP contribution in [0.1, 0.15) is 33.4 Å². The number of amides is 1. The molecule has 2 aromatic carbocycles. The Morgan fingerprint density at radius 2 is 1.80 bits per heavy atom. The van der Waals surface area contributed by atoms with Gasteiger partial charge in [-0.3, -0.25) is 4.79 Å². The maximum absolute atomic E-state index is 12.5. The molecule has 4 nitrogen and oxygen atoms in total. The molecular weight excluding hydrogens is 330 g/mol. The summed E-state index contributed by atoms with van der Waals surface area (Å²) in [5.74, 6) is -0.129. The first-order valence-electron chi connectivity index (χ1n) is 8.27. The lowest BCUT2D eigenvalue weighted by atomic mass is 10.1. The van der Waals surface area contributed by atoms with Crippen LogP contribution in [0.15, 0.2) is 48.5 Å². The van der Waals surface area contributed by atoms with Crippen molar-refractivity contribution in [2.24, 2.45) is 0 Å². The van der Waals surface area contributed by atoms with E-state index in [2.05, 4.69) is 28.6 Å². The van der Waals surface area contributed by atoms with Crippen LogP contribution >= 0.6 is 11.3 Å². The van der Waals surface area contributed by atoms with Crippen LogP contribution in [0.25, 0.3) is 0 Å². The molecule has 1 heterocycles. The third-order valence-electron chi connectivity index (χ3n) is 3.95. The second kappa shape index (κ2) is 7.49. The summed E-state index contributed by atoms with van der Waals surface area (Å²) >= 11 is 1.37. The average molecular weight is 351 g/mol. The van der Waals surface area contributed by atoms with Gasteiger partial charge >= 0.3 is 0 Å². The summed E-state index contributed by atoms with van der Waals surface area (Å²) in [4.78, 5) is 17.7. The maximum atomic E-state index is 12.5. The highest BCUT2D eigenvalue weighted by Gasteiger charge is 2.16. The van der Waals surface area contributed by atoms with Gasteiger partial charge in [0.05, 0.1) is 5.69 Å². The molecule has 0 aliphatic rings. The first-order chi connectivity index (χ1) is 12.1. The van der Waals surface area contributed by atoms with Crippen molar-refractivity contribution in [1.29, 1.82) is 0 Å². The number of nitrogens with zero attached hydrogens (tertiary/aromatic N) is 1. The molecular formula is C20H21N3OS. The fraction of sp³-hybridized carbons (Fsp3) is 0.200. The lowest BCUT2D eigenvalue weighted by Gasteiger charge is -2.07. The lowest BCUT2D eigenvalue weighted by Crippen LogP contribution is -2.11. The van der Waals surface area contributed by atoms with Crippen molar-refractivity contribution in [3.63, 3.8) is 0 Å². The highest BCUT2D eigenvalue weighted by atomic mass is 32.1. The van der Waals surface area contributed by atoms with E-state index < -0.39 is 0 Å². The van der Waals surface area contributed by atoms with Gasteiger partial charge in [0.1, 0.15) is 4.88 Å². The molecule has 0 spiro atoms. The topological polar surface area (TPSA) is 54.0 Å². The summed E-state index contributed by atoms with van der Waals surface area (Å²) in [6, 6.07) is 15.9.